The molecule has 2 aliphatic rings. The van der Waals surface area contributed by atoms with Gasteiger partial charge in [-0.2, -0.15) is 0 Å². The number of carbonyl (C=O) groups excluding carboxylic acids is 1. The highest BCUT2D eigenvalue weighted by Crippen LogP contribution is 2.25. The Labute approximate surface area is 174 Å². The summed E-state index contributed by atoms with van der Waals surface area (Å²) in [5.41, 5.74) is 0.375. The Morgan fingerprint density at radius 3 is 2.97 bits per heavy atom. The summed E-state index contributed by atoms with van der Waals surface area (Å²) in [5, 5.41) is 12.0. The molecule has 1 aliphatic carbocycles. The molecule has 0 spiro atoms. The SMILES string of the molecule is O=C(CCC1=CCCC=C1)N1CCC(O)(Cn2cnc3cc(Cl)ccc3c2=O)C1. The largest absolute Gasteiger partial charge is 0.386 e. The van der Waals surface area contributed by atoms with Gasteiger partial charge >= 0.3 is 0 Å². The molecule has 1 aliphatic heterocycles. The summed E-state index contributed by atoms with van der Waals surface area (Å²) < 4.78 is 1.42. The van der Waals surface area contributed by atoms with Crippen molar-refractivity contribution < 1.29 is 9.90 Å². The van der Waals surface area contributed by atoms with Gasteiger partial charge in [-0.3, -0.25) is 14.2 Å². The van der Waals surface area contributed by atoms with E-state index in [1.54, 1.807) is 23.1 Å². The van der Waals surface area contributed by atoms with Gasteiger partial charge in [-0.15, -0.1) is 0 Å². The average molecular weight is 414 g/mol. The predicted molar refractivity (Wildman–Crippen MR) is 113 cm³/mol. The molecule has 29 heavy (non-hydrogen) atoms. The molecule has 2 aromatic rings. The second-order valence-electron chi connectivity index (χ2n) is 7.89. The molecule has 2 heterocycles. The van der Waals surface area contributed by atoms with Crippen molar-refractivity contribution >= 4 is 28.4 Å². The molecule has 4 rings (SSSR count). The van der Waals surface area contributed by atoms with E-state index in [1.807, 2.05) is 0 Å². The van der Waals surface area contributed by atoms with Gasteiger partial charge in [0.1, 0.15) is 5.60 Å². The molecule has 6 nitrogen and oxygen atoms in total. The number of fused-ring (bicyclic) bond motifs is 1. The first-order chi connectivity index (χ1) is 13.9. The Kier molecular flexibility index (Phi) is 5.56. The Morgan fingerprint density at radius 1 is 1.31 bits per heavy atom. The molecule has 1 N–H and O–H groups in total. The maximum Gasteiger partial charge on any atom is 0.261 e. The van der Waals surface area contributed by atoms with Crippen molar-refractivity contribution in [3.63, 3.8) is 0 Å². The van der Waals surface area contributed by atoms with Gasteiger partial charge in [0.2, 0.25) is 5.91 Å². The summed E-state index contributed by atoms with van der Waals surface area (Å²) >= 11 is 5.96. The minimum Gasteiger partial charge on any atom is -0.386 e. The zero-order valence-electron chi connectivity index (χ0n) is 16.2. The minimum absolute atomic E-state index is 0.0411. The molecule has 0 radical (unpaired) electrons. The van der Waals surface area contributed by atoms with E-state index in [0.717, 1.165) is 19.3 Å². The second kappa shape index (κ2) is 8.13. The summed E-state index contributed by atoms with van der Waals surface area (Å²) in [5.74, 6) is 0.0411. The van der Waals surface area contributed by atoms with E-state index in [9.17, 15) is 14.7 Å². The summed E-state index contributed by atoms with van der Waals surface area (Å²) in [4.78, 5) is 31.3. The number of allylic oxidation sites excluding steroid dienone is 4. The predicted octanol–water partition coefficient (Wildman–Crippen LogP) is 3.07. The summed E-state index contributed by atoms with van der Waals surface area (Å²) in [6.45, 7) is 0.830. The highest BCUT2D eigenvalue weighted by molar-refractivity contribution is 6.31. The maximum absolute atomic E-state index is 12.7. The number of aliphatic hydroxyl groups is 1. The molecule has 1 unspecified atom stereocenters. The van der Waals surface area contributed by atoms with Crippen molar-refractivity contribution in [1.29, 1.82) is 0 Å². The number of likely N-dealkylation sites (tertiary alicyclic amines) is 1. The number of halogens is 1. The van der Waals surface area contributed by atoms with Gasteiger partial charge < -0.3 is 10.0 Å². The van der Waals surface area contributed by atoms with E-state index < -0.39 is 5.60 Å². The Morgan fingerprint density at radius 2 is 2.17 bits per heavy atom. The number of rotatable bonds is 5. The molecule has 1 aromatic heterocycles. The van der Waals surface area contributed by atoms with Crippen LogP contribution < -0.4 is 5.56 Å². The monoisotopic (exact) mass is 413 g/mol. The van der Waals surface area contributed by atoms with E-state index in [0.29, 0.717) is 35.3 Å². The van der Waals surface area contributed by atoms with E-state index in [-0.39, 0.29) is 24.6 Å². The summed E-state index contributed by atoms with van der Waals surface area (Å²) in [6.07, 6.45) is 11.5. The standard InChI is InChI=1S/C22H24ClN3O3/c23-17-7-8-18-19(12-17)24-15-26(21(18)28)14-22(29)10-11-25(13-22)20(27)9-6-16-4-2-1-3-5-16/h2,4-5,7-8,12,15,29H,1,3,6,9-11,13-14H2. The summed E-state index contributed by atoms with van der Waals surface area (Å²) in [7, 11) is 0. The lowest BCUT2D eigenvalue weighted by atomic mass is 10.0. The Balaban J connectivity index is 1.41. The highest BCUT2D eigenvalue weighted by atomic mass is 35.5. The lowest BCUT2D eigenvalue weighted by Crippen LogP contribution is -2.41. The van der Waals surface area contributed by atoms with Gasteiger partial charge in [-0.1, -0.05) is 35.4 Å². The lowest BCUT2D eigenvalue weighted by Gasteiger charge is -2.24. The van der Waals surface area contributed by atoms with Crippen LogP contribution in [0, 0.1) is 0 Å². The fourth-order valence-corrected chi connectivity index (χ4v) is 4.19. The van der Waals surface area contributed by atoms with E-state index in [1.165, 1.54) is 16.5 Å². The van der Waals surface area contributed by atoms with Crippen LogP contribution in [0.4, 0.5) is 0 Å². The molecule has 1 atom stereocenters. The Bertz CT molecular complexity index is 1060. The van der Waals surface area contributed by atoms with Crippen LogP contribution in [0.15, 0.2) is 53.1 Å². The number of nitrogens with zero attached hydrogens (tertiary/aromatic N) is 3. The topological polar surface area (TPSA) is 75.4 Å². The fraction of sp³-hybridized carbons (Fsp3) is 0.409. The molecule has 152 valence electrons. The second-order valence-corrected chi connectivity index (χ2v) is 8.32. The zero-order valence-corrected chi connectivity index (χ0v) is 16.9. The van der Waals surface area contributed by atoms with Crippen molar-refractivity contribution in [2.45, 2.75) is 44.2 Å². The molecule has 7 heteroatoms. The fourth-order valence-electron chi connectivity index (χ4n) is 4.02. The van der Waals surface area contributed by atoms with E-state index >= 15 is 0 Å². The van der Waals surface area contributed by atoms with Crippen LogP contribution in [0.25, 0.3) is 10.9 Å². The molecule has 1 saturated heterocycles. The molecule has 1 aromatic carbocycles. The maximum atomic E-state index is 12.7. The van der Waals surface area contributed by atoms with Crippen molar-refractivity contribution in [3.8, 4) is 0 Å². The first kappa shape index (κ1) is 19.9. The average Bonchev–Trinajstić information content (AvgIpc) is 3.11. The van der Waals surface area contributed by atoms with Crippen LogP contribution >= 0.6 is 11.6 Å². The van der Waals surface area contributed by atoms with Gasteiger partial charge in [-0.25, -0.2) is 4.98 Å². The number of amides is 1. The van der Waals surface area contributed by atoms with E-state index in [2.05, 4.69) is 23.2 Å². The minimum atomic E-state index is -1.13. The third kappa shape index (κ3) is 4.43. The first-order valence-corrected chi connectivity index (χ1v) is 10.3. The first-order valence-electron chi connectivity index (χ1n) is 9.94. The number of benzene rings is 1. The van der Waals surface area contributed by atoms with Gasteiger partial charge in [0.25, 0.3) is 5.56 Å². The number of carbonyl (C=O) groups is 1. The lowest BCUT2D eigenvalue weighted by molar-refractivity contribution is -0.131. The third-order valence-corrected chi connectivity index (χ3v) is 5.87. The van der Waals surface area contributed by atoms with Gasteiger partial charge in [0.05, 0.1) is 30.3 Å². The smallest absolute Gasteiger partial charge is 0.261 e. The molecular weight excluding hydrogens is 390 g/mol. The number of hydrogen-bond donors (Lipinski definition) is 1. The molecule has 0 saturated carbocycles. The molecule has 1 fully saturated rings. The van der Waals surface area contributed by atoms with Crippen LogP contribution in [0.3, 0.4) is 0 Å². The van der Waals surface area contributed by atoms with Crippen LogP contribution in [-0.2, 0) is 11.3 Å². The summed E-state index contributed by atoms with van der Waals surface area (Å²) in [6, 6.07) is 4.94. The van der Waals surface area contributed by atoms with Crippen molar-refractivity contribution in [2.24, 2.45) is 0 Å². The highest BCUT2D eigenvalue weighted by Gasteiger charge is 2.38. The van der Waals surface area contributed by atoms with Gasteiger partial charge in [0, 0.05) is 18.0 Å². The molecule has 1 amide bonds. The number of β-amino-alcohol motifs (C(OH)–C–C–N with tert-alkyl or cyclic N) is 1. The van der Waals surface area contributed by atoms with Gasteiger partial charge in [-0.05, 0) is 43.9 Å². The van der Waals surface area contributed by atoms with Gasteiger partial charge in [0.15, 0.2) is 0 Å². The molecule has 0 bridgehead atoms. The van der Waals surface area contributed by atoms with Crippen LogP contribution in [-0.4, -0.2) is 44.2 Å². The van der Waals surface area contributed by atoms with Crippen LogP contribution in [0.5, 0.6) is 0 Å². The quantitative estimate of drug-likeness (QED) is 0.817. The number of hydrogen-bond acceptors (Lipinski definition) is 4. The Hall–Kier alpha value is -2.44. The normalized spacial score (nSPS) is 21.6. The van der Waals surface area contributed by atoms with Crippen molar-refractivity contribution in [3.05, 3.63) is 63.7 Å². The van der Waals surface area contributed by atoms with E-state index in [4.69, 9.17) is 11.6 Å². The van der Waals surface area contributed by atoms with Crippen molar-refractivity contribution in [1.82, 2.24) is 14.5 Å². The molecular formula is C22H24ClN3O3. The number of aromatic nitrogens is 2. The van der Waals surface area contributed by atoms with Crippen molar-refractivity contribution in [2.75, 3.05) is 13.1 Å². The van der Waals surface area contributed by atoms with Crippen LogP contribution in [0.2, 0.25) is 5.02 Å². The zero-order chi connectivity index (χ0) is 20.4. The third-order valence-electron chi connectivity index (χ3n) is 5.64. The van der Waals surface area contributed by atoms with Crippen LogP contribution in [0.1, 0.15) is 32.1 Å².